The van der Waals surface area contributed by atoms with Crippen LogP contribution in [-0.2, 0) is 9.59 Å². The number of primary amides is 1. The average molecular weight is 419 g/mol. The van der Waals surface area contributed by atoms with Gasteiger partial charge in [-0.25, -0.2) is 4.79 Å². The van der Waals surface area contributed by atoms with Crippen molar-refractivity contribution in [2.24, 2.45) is 5.73 Å². The van der Waals surface area contributed by atoms with Crippen LogP contribution in [0.2, 0.25) is 0 Å². The van der Waals surface area contributed by atoms with Gasteiger partial charge in [0.05, 0.1) is 6.04 Å². The van der Waals surface area contributed by atoms with Crippen LogP contribution in [0.1, 0.15) is 64.0 Å². The smallest absolute Gasteiger partial charge is 0.312 e. The Morgan fingerprint density at radius 2 is 1.83 bits per heavy atom. The Balaban J connectivity index is 2.06. The fourth-order valence-electron chi connectivity index (χ4n) is 3.62. The number of likely N-dealkylation sites (tertiary alicyclic amines) is 1. The number of benzene rings is 1. The van der Waals surface area contributed by atoms with Crippen LogP contribution < -0.4 is 21.1 Å². The van der Waals surface area contributed by atoms with Gasteiger partial charge in [0.2, 0.25) is 5.91 Å². The maximum Gasteiger partial charge on any atom is 0.312 e. The molecule has 1 aromatic carbocycles. The summed E-state index contributed by atoms with van der Waals surface area (Å²) in [5.41, 5.74) is 6.04. The molecule has 1 fully saturated rings. The van der Waals surface area contributed by atoms with E-state index < -0.39 is 12.1 Å². The van der Waals surface area contributed by atoms with E-state index in [9.17, 15) is 14.4 Å². The van der Waals surface area contributed by atoms with E-state index in [-0.39, 0.29) is 24.5 Å². The number of carbonyl (C=O) groups is 3. The molecule has 1 saturated heterocycles. The van der Waals surface area contributed by atoms with Gasteiger partial charge in [-0.3, -0.25) is 9.59 Å². The highest BCUT2D eigenvalue weighted by molar-refractivity contribution is 5.86. The molecule has 4 amide bonds. The van der Waals surface area contributed by atoms with Crippen LogP contribution in [-0.4, -0.2) is 48.5 Å². The standard InChI is InChI=1S/C22H34N4O4/c1-3-5-11-18(25-22(23)29)21(28)24-17(4-2)16-10-6-7-12-19(16)30-15-20(27)26-13-8-9-14-26/h6-7,10,12,17-18H,3-5,8-9,11,13-15H2,1-2H3,(H,24,28)(H3,23,25,29). The highest BCUT2D eigenvalue weighted by Crippen LogP contribution is 2.27. The Morgan fingerprint density at radius 3 is 2.47 bits per heavy atom. The van der Waals surface area contributed by atoms with Gasteiger partial charge in [0, 0.05) is 18.7 Å². The first kappa shape index (κ1) is 23.5. The number of carbonyl (C=O) groups excluding carboxylic acids is 3. The molecule has 0 spiro atoms. The summed E-state index contributed by atoms with van der Waals surface area (Å²) in [6, 6.07) is 5.69. The van der Waals surface area contributed by atoms with E-state index in [1.54, 1.807) is 6.07 Å². The number of unbranched alkanes of at least 4 members (excludes halogenated alkanes) is 1. The third kappa shape index (κ3) is 6.93. The number of nitrogens with one attached hydrogen (secondary N) is 2. The maximum atomic E-state index is 12.8. The largest absolute Gasteiger partial charge is 0.483 e. The lowest BCUT2D eigenvalue weighted by molar-refractivity contribution is -0.132. The number of rotatable bonds is 11. The van der Waals surface area contributed by atoms with Crippen molar-refractivity contribution in [1.82, 2.24) is 15.5 Å². The molecule has 1 aliphatic rings. The molecule has 1 heterocycles. The fourth-order valence-corrected chi connectivity index (χ4v) is 3.62. The summed E-state index contributed by atoms with van der Waals surface area (Å²) in [6.07, 6.45) is 4.92. The van der Waals surface area contributed by atoms with Gasteiger partial charge in [-0.05, 0) is 31.7 Å². The zero-order valence-corrected chi connectivity index (χ0v) is 18.0. The Kier molecular flexibility index (Phi) is 9.44. The molecule has 2 rings (SSSR count). The van der Waals surface area contributed by atoms with Gasteiger partial charge in [-0.2, -0.15) is 0 Å². The minimum atomic E-state index is -0.719. The topological polar surface area (TPSA) is 114 Å². The van der Waals surface area contributed by atoms with E-state index in [4.69, 9.17) is 10.5 Å². The predicted octanol–water partition coefficient (Wildman–Crippen LogP) is 2.48. The fraction of sp³-hybridized carbons (Fsp3) is 0.591. The highest BCUT2D eigenvalue weighted by atomic mass is 16.5. The summed E-state index contributed by atoms with van der Waals surface area (Å²) in [5, 5.41) is 5.52. The van der Waals surface area contributed by atoms with Crippen LogP contribution in [0, 0.1) is 0 Å². The zero-order chi connectivity index (χ0) is 21.9. The van der Waals surface area contributed by atoms with E-state index in [2.05, 4.69) is 10.6 Å². The zero-order valence-electron chi connectivity index (χ0n) is 18.0. The summed E-state index contributed by atoms with van der Waals surface area (Å²) in [4.78, 5) is 38.2. The molecule has 8 heteroatoms. The number of nitrogens with two attached hydrogens (primary N) is 1. The van der Waals surface area contributed by atoms with Crippen molar-refractivity contribution < 1.29 is 19.1 Å². The molecule has 4 N–H and O–H groups in total. The van der Waals surface area contributed by atoms with Gasteiger partial charge in [-0.15, -0.1) is 0 Å². The van der Waals surface area contributed by atoms with Crippen LogP contribution >= 0.6 is 0 Å². The van der Waals surface area contributed by atoms with Crippen molar-refractivity contribution in [2.75, 3.05) is 19.7 Å². The Morgan fingerprint density at radius 1 is 1.13 bits per heavy atom. The highest BCUT2D eigenvalue weighted by Gasteiger charge is 2.24. The predicted molar refractivity (Wildman–Crippen MR) is 115 cm³/mol. The molecule has 0 aliphatic carbocycles. The summed E-state index contributed by atoms with van der Waals surface area (Å²) in [6.45, 7) is 5.52. The lowest BCUT2D eigenvalue weighted by Gasteiger charge is -2.24. The molecule has 2 atom stereocenters. The molecule has 0 bridgehead atoms. The van der Waals surface area contributed by atoms with Crippen molar-refractivity contribution in [1.29, 1.82) is 0 Å². The second kappa shape index (κ2) is 12.0. The average Bonchev–Trinajstić information content (AvgIpc) is 3.28. The maximum absolute atomic E-state index is 12.8. The van der Waals surface area contributed by atoms with Crippen LogP contribution in [0.5, 0.6) is 5.75 Å². The van der Waals surface area contributed by atoms with Crippen molar-refractivity contribution >= 4 is 17.8 Å². The lowest BCUT2D eigenvalue weighted by atomic mass is 10.0. The molecule has 1 aromatic rings. The Hall–Kier alpha value is -2.77. The van der Waals surface area contributed by atoms with E-state index in [1.807, 2.05) is 36.9 Å². The van der Waals surface area contributed by atoms with Gasteiger partial charge in [0.25, 0.3) is 5.91 Å². The number of para-hydroxylation sites is 1. The van der Waals surface area contributed by atoms with Crippen molar-refractivity contribution in [3.63, 3.8) is 0 Å². The van der Waals surface area contributed by atoms with Gasteiger partial charge in [-0.1, -0.05) is 44.9 Å². The normalized spacial score (nSPS) is 15.3. The van der Waals surface area contributed by atoms with E-state index in [0.29, 0.717) is 18.6 Å². The SMILES string of the molecule is CCCCC(NC(N)=O)C(=O)NC(CC)c1ccccc1OCC(=O)N1CCCC1. The Labute approximate surface area is 178 Å². The summed E-state index contributed by atoms with van der Waals surface area (Å²) < 4.78 is 5.83. The third-order valence-electron chi connectivity index (χ3n) is 5.31. The molecule has 1 aliphatic heterocycles. The number of amides is 4. The second-order valence-corrected chi connectivity index (χ2v) is 7.59. The van der Waals surface area contributed by atoms with Crippen LogP contribution in [0.3, 0.4) is 0 Å². The quantitative estimate of drug-likeness (QED) is 0.512. The number of hydrogen-bond acceptors (Lipinski definition) is 4. The lowest BCUT2D eigenvalue weighted by Crippen LogP contribution is -2.49. The number of nitrogens with zero attached hydrogens (tertiary/aromatic N) is 1. The minimum absolute atomic E-state index is 0.0234. The van der Waals surface area contributed by atoms with Crippen molar-refractivity contribution in [3.8, 4) is 5.75 Å². The summed E-state index contributed by atoms with van der Waals surface area (Å²) in [5.74, 6) is 0.270. The van der Waals surface area contributed by atoms with Crippen molar-refractivity contribution in [2.45, 2.75) is 64.5 Å². The van der Waals surface area contributed by atoms with E-state index in [1.165, 1.54) is 0 Å². The molecule has 166 valence electrons. The first-order valence-electron chi connectivity index (χ1n) is 10.8. The van der Waals surface area contributed by atoms with Gasteiger partial charge >= 0.3 is 6.03 Å². The molecule has 0 radical (unpaired) electrons. The van der Waals surface area contributed by atoms with Gasteiger partial charge in [0.15, 0.2) is 6.61 Å². The number of ether oxygens (including phenoxy) is 1. The number of urea groups is 1. The van der Waals surface area contributed by atoms with Crippen LogP contribution in [0.25, 0.3) is 0 Å². The summed E-state index contributed by atoms with van der Waals surface area (Å²) in [7, 11) is 0. The van der Waals surface area contributed by atoms with Crippen LogP contribution in [0.4, 0.5) is 4.79 Å². The first-order valence-corrected chi connectivity index (χ1v) is 10.8. The first-order chi connectivity index (χ1) is 14.5. The van der Waals surface area contributed by atoms with Gasteiger partial charge in [0.1, 0.15) is 11.8 Å². The molecular formula is C22H34N4O4. The van der Waals surface area contributed by atoms with E-state index in [0.717, 1.165) is 44.3 Å². The van der Waals surface area contributed by atoms with Crippen molar-refractivity contribution in [3.05, 3.63) is 29.8 Å². The molecule has 2 unspecified atom stereocenters. The molecule has 30 heavy (non-hydrogen) atoms. The molecular weight excluding hydrogens is 384 g/mol. The molecule has 0 saturated carbocycles. The van der Waals surface area contributed by atoms with Crippen LogP contribution in [0.15, 0.2) is 24.3 Å². The summed E-state index contributed by atoms with van der Waals surface area (Å²) >= 11 is 0. The third-order valence-corrected chi connectivity index (χ3v) is 5.31. The van der Waals surface area contributed by atoms with Gasteiger partial charge < -0.3 is 26.0 Å². The molecule has 0 aromatic heterocycles. The molecule has 8 nitrogen and oxygen atoms in total. The minimum Gasteiger partial charge on any atom is -0.483 e. The second-order valence-electron chi connectivity index (χ2n) is 7.59. The van der Waals surface area contributed by atoms with E-state index >= 15 is 0 Å². The monoisotopic (exact) mass is 418 g/mol. The Bertz CT molecular complexity index is 719. The number of hydrogen-bond donors (Lipinski definition) is 3.